The molecule has 72 valence electrons. The maximum Gasteiger partial charge on any atom is 0.0547 e. The maximum atomic E-state index is 4.53. The zero-order valence-electron chi connectivity index (χ0n) is 8.94. The van der Waals surface area contributed by atoms with Crippen LogP contribution in [0, 0.1) is 13.8 Å². The van der Waals surface area contributed by atoms with Crippen molar-refractivity contribution >= 4 is 0 Å². The van der Waals surface area contributed by atoms with Gasteiger partial charge in [0, 0.05) is 12.2 Å². The van der Waals surface area contributed by atoms with Crippen LogP contribution in [0.1, 0.15) is 29.4 Å². The van der Waals surface area contributed by atoms with Gasteiger partial charge in [0.25, 0.3) is 0 Å². The van der Waals surface area contributed by atoms with Gasteiger partial charge in [-0.3, -0.25) is 4.98 Å². The lowest BCUT2D eigenvalue weighted by Crippen LogP contribution is -2.09. The molecule has 0 atom stereocenters. The Morgan fingerprint density at radius 1 is 1.38 bits per heavy atom. The fraction of sp³-hybridized carbons (Fsp3) is 0.545. The molecule has 0 saturated heterocycles. The van der Waals surface area contributed by atoms with E-state index in [2.05, 4.69) is 37.1 Å². The van der Waals surface area contributed by atoms with Crippen molar-refractivity contribution in [1.82, 2.24) is 10.3 Å². The number of nitrogens with one attached hydrogen (secondary N) is 1. The number of hydrogen-bond acceptors (Lipinski definition) is 2. The SMILES string of the molecule is CCc1c(C)cc(CNC)nc1C. The summed E-state index contributed by atoms with van der Waals surface area (Å²) in [5, 5.41) is 3.11. The van der Waals surface area contributed by atoms with Crippen LogP contribution in [0.4, 0.5) is 0 Å². The third kappa shape index (κ3) is 2.28. The fourth-order valence-electron chi connectivity index (χ4n) is 1.74. The second-order valence-electron chi connectivity index (χ2n) is 3.38. The molecule has 1 aromatic rings. The van der Waals surface area contributed by atoms with Gasteiger partial charge >= 0.3 is 0 Å². The van der Waals surface area contributed by atoms with Crippen LogP contribution < -0.4 is 5.32 Å². The standard InChI is InChI=1S/C11H18N2/c1-5-11-8(2)6-10(7-12-4)13-9(11)3/h6,12H,5,7H2,1-4H3. The molecule has 0 spiro atoms. The van der Waals surface area contributed by atoms with E-state index < -0.39 is 0 Å². The van der Waals surface area contributed by atoms with E-state index in [1.54, 1.807) is 0 Å². The lowest BCUT2D eigenvalue weighted by Gasteiger charge is -2.09. The molecule has 0 unspecified atom stereocenters. The maximum absolute atomic E-state index is 4.53. The summed E-state index contributed by atoms with van der Waals surface area (Å²) < 4.78 is 0. The van der Waals surface area contributed by atoms with Gasteiger partial charge in [-0.15, -0.1) is 0 Å². The largest absolute Gasteiger partial charge is 0.314 e. The predicted octanol–water partition coefficient (Wildman–Crippen LogP) is 1.98. The monoisotopic (exact) mass is 178 g/mol. The number of rotatable bonds is 3. The predicted molar refractivity (Wildman–Crippen MR) is 55.9 cm³/mol. The van der Waals surface area contributed by atoms with Crippen LogP contribution in [0.25, 0.3) is 0 Å². The summed E-state index contributed by atoms with van der Waals surface area (Å²) in [7, 11) is 1.94. The van der Waals surface area contributed by atoms with Gasteiger partial charge in [-0.05, 0) is 44.5 Å². The fourth-order valence-corrected chi connectivity index (χ4v) is 1.74. The molecule has 2 heteroatoms. The molecule has 0 fully saturated rings. The van der Waals surface area contributed by atoms with Gasteiger partial charge < -0.3 is 5.32 Å². The van der Waals surface area contributed by atoms with Gasteiger partial charge in [0.05, 0.1) is 5.69 Å². The molecule has 0 aromatic carbocycles. The average Bonchev–Trinajstić information content (AvgIpc) is 2.04. The van der Waals surface area contributed by atoms with Crippen LogP contribution in [-0.4, -0.2) is 12.0 Å². The van der Waals surface area contributed by atoms with E-state index >= 15 is 0 Å². The van der Waals surface area contributed by atoms with Crippen LogP contribution in [0.2, 0.25) is 0 Å². The molecular formula is C11H18N2. The molecule has 0 bridgehead atoms. The Morgan fingerprint density at radius 3 is 2.54 bits per heavy atom. The molecule has 1 aromatic heterocycles. The summed E-state index contributed by atoms with van der Waals surface area (Å²) in [6.45, 7) is 7.28. The molecule has 1 heterocycles. The second-order valence-corrected chi connectivity index (χ2v) is 3.38. The van der Waals surface area contributed by atoms with Crippen molar-refractivity contribution in [1.29, 1.82) is 0 Å². The first-order valence-electron chi connectivity index (χ1n) is 4.79. The van der Waals surface area contributed by atoms with E-state index in [4.69, 9.17) is 0 Å². The molecule has 0 aliphatic rings. The highest BCUT2D eigenvalue weighted by atomic mass is 14.9. The van der Waals surface area contributed by atoms with E-state index in [0.29, 0.717) is 0 Å². The van der Waals surface area contributed by atoms with Gasteiger partial charge in [-0.25, -0.2) is 0 Å². The molecule has 1 rings (SSSR count). The number of hydrogen-bond donors (Lipinski definition) is 1. The molecule has 2 nitrogen and oxygen atoms in total. The van der Waals surface area contributed by atoms with Gasteiger partial charge in [0.15, 0.2) is 0 Å². The first kappa shape index (κ1) is 10.2. The van der Waals surface area contributed by atoms with E-state index in [1.165, 1.54) is 16.8 Å². The van der Waals surface area contributed by atoms with Gasteiger partial charge in [-0.2, -0.15) is 0 Å². The Morgan fingerprint density at radius 2 is 2.08 bits per heavy atom. The summed E-state index contributed by atoms with van der Waals surface area (Å²) in [6, 6.07) is 2.17. The topological polar surface area (TPSA) is 24.9 Å². The van der Waals surface area contributed by atoms with Crippen LogP contribution in [0.15, 0.2) is 6.07 Å². The summed E-state index contributed by atoms with van der Waals surface area (Å²) >= 11 is 0. The van der Waals surface area contributed by atoms with Crippen molar-refractivity contribution in [3.05, 3.63) is 28.6 Å². The summed E-state index contributed by atoms with van der Waals surface area (Å²) in [5.41, 5.74) is 5.06. The van der Waals surface area contributed by atoms with Crippen molar-refractivity contribution < 1.29 is 0 Å². The van der Waals surface area contributed by atoms with Crippen molar-refractivity contribution in [2.24, 2.45) is 0 Å². The third-order valence-electron chi connectivity index (χ3n) is 2.32. The van der Waals surface area contributed by atoms with Crippen LogP contribution in [-0.2, 0) is 13.0 Å². The quantitative estimate of drug-likeness (QED) is 0.765. The van der Waals surface area contributed by atoms with Crippen LogP contribution >= 0.6 is 0 Å². The third-order valence-corrected chi connectivity index (χ3v) is 2.32. The molecule has 1 N–H and O–H groups in total. The molecule has 13 heavy (non-hydrogen) atoms. The first-order chi connectivity index (χ1) is 6.19. The van der Waals surface area contributed by atoms with Crippen molar-refractivity contribution in [2.45, 2.75) is 33.7 Å². The Labute approximate surface area is 80.4 Å². The minimum Gasteiger partial charge on any atom is -0.314 e. The lowest BCUT2D eigenvalue weighted by molar-refractivity contribution is 0.781. The first-order valence-corrected chi connectivity index (χ1v) is 4.79. The Bertz CT molecular complexity index is 269. The van der Waals surface area contributed by atoms with Gasteiger partial charge in [0.1, 0.15) is 0 Å². The summed E-state index contributed by atoms with van der Waals surface area (Å²) in [4.78, 5) is 4.53. The normalized spacial score (nSPS) is 10.5. The zero-order chi connectivity index (χ0) is 9.84. The molecule has 0 saturated carbocycles. The Hall–Kier alpha value is -0.890. The van der Waals surface area contributed by atoms with E-state index in [9.17, 15) is 0 Å². The molecular weight excluding hydrogens is 160 g/mol. The Kier molecular flexibility index (Phi) is 3.43. The molecule has 0 aliphatic carbocycles. The van der Waals surface area contributed by atoms with E-state index in [-0.39, 0.29) is 0 Å². The summed E-state index contributed by atoms with van der Waals surface area (Å²) in [5.74, 6) is 0. The Balaban J connectivity index is 3.05. The van der Waals surface area contributed by atoms with Crippen molar-refractivity contribution in [3.63, 3.8) is 0 Å². The van der Waals surface area contributed by atoms with E-state index in [0.717, 1.165) is 18.7 Å². The number of aromatic nitrogens is 1. The smallest absolute Gasteiger partial charge is 0.0547 e. The van der Waals surface area contributed by atoms with E-state index in [1.807, 2.05) is 7.05 Å². The van der Waals surface area contributed by atoms with Crippen molar-refractivity contribution in [3.8, 4) is 0 Å². The highest BCUT2D eigenvalue weighted by molar-refractivity contribution is 5.31. The van der Waals surface area contributed by atoms with Gasteiger partial charge in [0.2, 0.25) is 0 Å². The molecule has 0 radical (unpaired) electrons. The summed E-state index contributed by atoms with van der Waals surface area (Å²) in [6.07, 6.45) is 1.07. The highest BCUT2D eigenvalue weighted by Crippen LogP contribution is 2.13. The lowest BCUT2D eigenvalue weighted by atomic mass is 10.0. The average molecular weight is 178 g/mol. The minimum atomic E-state index is 0.853. The zero-order valence-corrected chi connectivity index (χ0v) is 8.94. The number of nitrogens with zero attached hydrogens (tertiary/aromatic N) is 1. The number of pyridine rings is 1. The van der Waals surface area contributed by atoms with Crippen LogP contribution in [0.5, 0.6) is 0 Å². The van der Waals surface area contributed by atoms with Crippen molar-refractivity contribution in [2.75, 3.05) is 7.05 Å². The minimum absolute atomic E-state index is 0.853. The molecule has 0 aliphatic heterocycles. The highest BCUT2D eigenvalue weighted by Gasteiger charge is 2.03. The molecule has 0 amide bonds. The second kappa shape index (κ2) is 4.38. The van der Waals surface area contributed by atoms with Gasteiger partial charge in [-0.1, -0.05) is 6.92 Å². The number of aryl methyl sites for hydroxylation is 2. The van der Waals surface area contributed by atoms with Crippen LogP contribution in [0.3, 0.4) is 0 Å².